The summed E-state index contributed by atoms with van der Waals surface area (Å²) in [6, 6.07) is 15.4. The largest absolute Gasteiger partial charge is 0.310 e. The van der Waals surface area contributed by atoms with Crippen molar-refractivity contribution in [1.82, 2.24) is 5.32 Å². The number of hydrogen-bond donors (Lipinski definition) is 1. The van der Waals surface area contributed by atoms with Gasteiger partial charge in [-0.15, -0.1) is 0 Å². The fraction of sp³-hybridized carbons (Fsp3) is 0.375. The molecular formula is C16H21NOS. The first-order valence-corrected chi connectivity index (χ1v) is 8.39. The normalized spacial score (nSPS) is 14.4. The molecule has 102 valence electrons. The average molecular weight is 275 g/mol. The van der Waals surface area contributed by atoms with Crippen molar-refractivity contribution in [2.45, 2.75) is 25.9 Å². The van der Waals surface area contributed by atoms with E-state index in [4.69, 9.17) is 0 Å². The summed E-state index contributed by atoms with van der Waals surface area (Å²) in [5.74, 6) is 0.770. The second-order valence-electron chi connectivity index (χ2n) is 5.03. The Morgan fingerprint density at radius 1 is 1.16 bits per heavy atom. The molecular weight excluding hydrogens is 254 g/mol. The fourth-order valence-electron chi connectivity index (χ4n) is 2.09. The van der Waals surface area contributed by atoms with E-state index in [0.29, 0.717) is 6.04 Å². The maximum atomic E-state index is 11.1. The average Bonchev–Trinajstić information content (AvgIpc) is 2.42. The van der Waals surface area contributed by atoms with Crippen molar-refractivity contribution < 1.29 is 4.21 Å². The van der Waals surface area contributed by atoms with Gasteiger partial charge in [0.25, 0.3) is 0 Å². The molecule has 2 rings (SSSR count). The van der Waals surface area contributed by atoms with Crippen LogP contribution in [0.1, 0.15) is 18.9 Å². The van der Waals surface area contributed by atoms with Gasteiger partial charge in [0.05, 0.1) is 0 Å². The van der Waals surface area contributed by atoms with Gasteiger partial charge in [0.2, 0.25) is 0 Å². The summed E-state index contributed by atoms with van der Waals surface area (Å²) < 4.78 is 11.1. The monoisotopic (exact) mass is 275 g/mol. The molecule has 0 aliphatic heterocycles. The molecule has 0 amide bonds. The van der Waals surface area contributed by atoms with Crippen molar-refractivity contribution >= 4 is 21.6 Å². The molecule has 0 heterocycles. The molecule has 3 heteroatoms. The van der Waals surface area contributed by atoms with E-state index >= 15 is 0 Å². The van der Waals surface area contributed by atoms with Crippen molar-refractivity contribution in [2.24, 2.45) is 0 Å². The molecule has 0 spiro atoms. The Morgan fingerprint density at radius 2 is 1.89 bits per heavy atom. The topological polar surface area (TPSA) is 29.1 Å². The van der Waals surface area contributed by atoms with Crippen LogP contribution in [-0.4, -0.2) is 22.3 Å². The van der Waals surface area contributed by atoms with Crippen molar-refractivity contribution in [1.29, 1.82) is 0 Å². The predicted octanol–water partition coefficient (Wildman–Crippen LogP) is 3.09. The molecule has 0 radical (unpaired) electrons. The van der Waals surface area contributed by atoms with Gasteiger partial charge in [-0.2, -0.15) is 0 Å². The number of fused-ring (bicyclic) bond motifs is 1. The van der Waals surface area contributed by atoms with Crippen LogP contribution in [0.5, 0.6) is 0 Å². The van der Waals surface area contributed by atoms with Crippen LogP contribution in [0.15, 0.2) is 42.5 Å². The molecule has 0 saturated heterocycles. The third-order valence-electron chi connectivity index (χ3n) is 3.31. The van der Waals surface area contributed by atoms with E-state index in [2.05, 4.69) is 54.7 Å². The maximum Gasteiger partial charge on any atom is 0.0246 e. The first-order chi connectivity index (χ1) is 9.15. The second-order valence-corrected chi connectivity index (χ2v) is 6.58. The molecule has 0 aliphatic rings. The third kappa shape index (κ3) is 4.44. The van der Waals surface area contributed by atoms with Gasteiger partial charge in [0.1, 0.15) is 0 Å². The van der Waals surface area contributed by atoms with Gasteiger partial charge in [-0.05, 0) is 35.7 Å². The minimum absolute atomic E-state index is 0.398. The van der Waals surface area contributed by atoms with Crippen molar-refractivity contribution in [3.8, 4) is 0 Å². The number of nitrogens with one attached hydrogen (secondary N) is 1. The highest BCUT2D eigenvalue weighted by atomic mass is 32.2. The SMILES string of the molecule is CC(CCS(C)=O)NCc1ccc2ccccc2c1. The summed E-state index contributed by atoms with van der Waals surface area (Å²) in [5, 5.41) is 6.04. The van der Waals surface area contributed by atoms with Gasteiger partial charge in [0.15, 0.2) is 0 Å². The Bertz CT molecular complexity index is 567. The van der Waals surface area contributed by atoms with Gasteiger partial charge < -0.3 is 5.32 Å². The summed E-state index contributed by atoms with van der Waals surface area (Å²) in [7, 11) is -0.693. The van der Waals surface area contributed by atoms with Crippen molar-refractivity contribution in [3.05, 3.63) is 48.0 Å². The lowest BCUT2D eigenvalue weighted by Crippen LogP contribution is -2.26. The first-order valence-electron chi connectivity index (χ1n) is 6.66. The third-order valence-corrected chi connectivity index (χ3v) is 4.12. The highest BCUT2D eigenvalue weighted by molar-refractivity contribution is 7.84. The number of rotatable bonds is 6. The molecule has 2 unspecified atom stereocenters. The Kier molecular flexibility index (Phi) is 5.11. The number of benzene rings is 2. The van der Waals surface area contributed by atoms with Crippen molar-refractivity contribution in [3.63, 3.8) is 0 Å². The van der Waals surface area contributed by atoms with E-state index < -0.39 is 10.8 Å². The zero-order chi connectivity index (χ0) is 13.7. The van der Waals surface area contributed by atoms with Crippen LogP contribution in [-0.2, 0) is 17.3 Å². The Morgan fingerprint density at radius 3 is 2.63 bits per heavy atom. The molecule has 2 atom stereocenters. The predicted molar refractivity (Wildman–Crippen MR) is 83.8 cm³/mol. The Labute approximate surface area is 117 Å². The smallest absolute Gasteiger partial charge is 0.0246 e. The second kappa shape index (κ2) is 6.83. The van der Waals surface area contributed by atoms with Crippen LogP contribution in [0.25, 0.3) is 10.8 Å². The van der Waals surface area contributed by atoms with Crippen LogP contribution in [0, 0.1) is 0 Å². The first kappa shape index (κ1) is 14.2. The van der Waals surface area contributed by atoms with Crippen molar-refractivity contribution in [2.75, 3.05) is 12.0 Å². The lowest BCUT2D eigenvalue weighted by atomic mass is 10.1. The van der Waals surface area contributed by atoms with Gasteiger partial charge >= 0.3 is 0 Å². The van der Waals surface area contributed by atoms with Crippen LogP contribution >= 0.6 is 0 Å². The van der Waals surface area contributed by atoms with Gasteiger partial charge in [-0.25, -0.2) is 0 Å². The minimum atomic E-state index is -0.693. The maximum absolute atomic E-state index is 11.1. The Hall–Kier alpha value is -1.19. The van der Waals surface area contributed by atoms with E-state index in [1.54, 1.807) is 6.26 Å². The molecule has 19 heavy (non-hydrogen) atoms. The van der Waals surface area contributed by atoms with E-state index in [1.165, 1.54) is 16.3 Å². The molecule has 0 aromatic heterocycles. The molecule has 2 nitrogen and oxygen atoms in total. The molecule has 0 aliphatic carbocycles. The van der Waals surface area contributed by atoms with Crippen LogP contribution in [0.2, 0.25) is 0 Å². The van der Waals surface area contributed by atoms with Gasteiger partial charge in [-0.1, -0.05) is 36.4 Å². The van der Waals surface area contributed by atoms with Gasteiger partial charge in [0, 0.05) is 35.4 Å². The van der Waals surface area contributed by atoms with E-state index in [9.17, 15) is 4.21 Å². The number of hydrogen-bond acceptors (Lipinski definition) is 2. The van der Waals surface area contributed by atoms with E-state index in [-0.39, 0.29) is 0 Å². The minimum Gasteiger partial charge on any atom is -0.310 e. The Balaban J connectivity index is 1.92. The van der Waals surface area contributed by atoms with Crippen LogP contribution in [0.4, 0.5) is 0 Å². The summed E-state index contributed by atoms with van der Waals surface area (Å²) in [6.07, 6.45) is 2.72. The zero-order valence-corrected chi connectivity index (χ0v) is 12.4. The summed E-state index contributed by atoms with van der Waals surface area (Å²) in [4.78, 5) is 0. The lowest BCUT2D eigenvalue weighted by Gasteiger charge is -2.13. The molecule has 0 bridgehead atoms. The summed E-state index contributed by atoms with van der Waals surface area (Å²) in [5.41, 5.74) is 1.29. The van der Waals surface area contributed by atoms with Crippen LogP contribution in [0.3, 0.4) is 0 Å². The molecule has 0 saturated carbocycles. The van der Waals surface area contributed by atoms with E-state index in [0.717, 1.165) is 18.7 Å². The van der Waals surface area contributed by atoms with E-state index in [1.807, 2.05) is 0 Å². The fourth-order valence-corrected chi connectivity index (χ4v) is 2.77. The standard InChI is InChI=1S/C16H21NOS/c1-13(9-10-19(2)18)17-12-14-7-8-15-5-3-4-6-16(15)11-14/h3-8,11,13,17H,9-10,12H2,1-2H3. The molecule has 2 aromatic carbocycles. The zero-order valence-electron chi connectivity index (χ0n) is 11.6. The molecule has 2 aromatic rings. The summed E-state index contributed by atoms with van der Waals surface area (Å²) in [6.45, 7) is 3.01. The highest BCUT2D eigenvalue weighted by Crippen LogP contribution is 2.15. The highest BCUT2D eigenvalue weighted by Gasteiger charge is 2.03. The molecule has 1 N–H and O–H groups in total. The van der Waals surface area contributed by atoms with Gasteiger partial charge in [-0.3, -0.25) is 4.21 Å². The molecule has 0 fully saturated rings. The summed E-state index contributed by atoms with van der Waals surface area (Å²) >= 11 is 0. The quantitative estimate of drug-likeness (QED) is 0.878. The van der Waals surface area contributed by atoms with Crippen LogP contribution < -0.4 is 5.32 Å². The lowest BCUT2D eigenvalue weighted by molar-refractivity contribution is 0.535.